The van der Waals surface area contributed by atoms with Gasteiger partial charge >= 0.3 is 0 Å². The molecule has 0 saturated carbocycles. The van der Waals surface area contributed by atoms with E-state index in [1.165, 1.54) is 31.4 Å². The van der Waals surface area contributed by atoms with Gasteiger partial charge in [0.2, 0.25) is 5.91 Å². The molecule has 0 bridgehead atoms. The number of halogens is 1. The number of imidazole rings is 1. The van der Waals surface area contributed by atoms with E-state index in [-0.39, 0.29) is 17.6 Å². The predicted octanol–water partition coefficient (Wildman–Crippen LogP) is 2.51. The molecule has 3 aromatic rings. The highest BCUT2D eigenvalue weighted by Gasteiger charge is 2.25. The van der Waals surface area contributed by atoms with Crippen LogP contribution in [0.15, 0.2) is 29.8 Å². The van der Waals surface area contributed by atoms with E-state index in [1.54, 1.807) is 37.9 Å². The van der Waals surface area contributed by atoms with Gasteiger partial charge in [-0.25, -0.2) is 9.37 Å². The molecular formula is C19H19FN4O3S. The Hall–Kier alpha value is -2.94. The SMILES string of the molecule is COc1ccc(-c2cn3c(C(=O)N4CCN(C(C)=O)CC4)csc3n2)cc1F. The van der Waals surface area contributed by atoms with Crippen LogP contribution in [0.5, 0.6) is 5.75 Å². The second-order valence-electron chi connectivity index (χ2n) is 6.55. The van der Waals surface area contributed by atoms with E-state index in [0.29, 0.717) is 48.1 Å². The fourth-order valence-electron chi connectivity index (χ4n) is 3.29. The van der Waals surface area contributed by atoms with Crippen LogP contribution in [0.4, 0.5) is 4.39 Å². The lowest BCUT2D eigenvalue weighted by molar-refractivity contribution is -0.130. The Morgan fingerprint density at radius 1 is 1.18 bits per heavy atom. The number of fused-ring (bicyclic) bond motifs is 1. The van der Waals surface area contributed by atoms with Gasteiger partial charge in [-0.3, -0.25) is 14.0 Å². The van der Waals surface area contributed by atoms with Crippen LogP contribution in [0.2, 0.25) is 0 Å². The summed E-state index contributed by atoms with van der Waals surface area (Å²) in [6.45, 7) is 3.61. The molecule has 4 rings (SSSR count). The number of ether oxygens (including phenoxy) is 1. The number of benzene rings is 1. The number of carbonyl (C=O) groups is 2. The van der Waals surface area contributed by atoms with Gasteiger partial charge in [-0.05, 0) is 18.2 Å². The first-order valence-electron chi connectivity index (χ1n) is 8.83. The summed E-state index contributed by atoms with van der Waals surface area (Å²) in [6.07, 6.45) is 1.74. The molecular weight excluding hydrogens is 383 g/mol. The Morgan fingerprint density at radius 2 is 1.89 bits per heavy atom. The van der Waals surface area contributed by atoms with Crippen LogP contribution >= 0.6 is 11.3 Å². The van der Waals surface area contributed by atoms with Crippen LogP contribution in [0.3, 0.4) is 0 Å². The third-order valence-corrected chi connectivity index (χ3v) is 5.73. The predicted molar refractivity (Wildman–Crippen MR) is 103 cm³/mol. The van der Waals surface area contributed by atoms with Crippen molar-refractivity contribution in [3.05, 3.63) is 41.3 Å². The molecule has 3 heterocycles. The zero-order valence-corrected chi connectivity index (χ0v) is 16.3. The summed E-state index contributed by atoms with van der Waals surface area (Å²) < 4.78 is 20.7. The molecule has 0 radical (unpaired) electrons. The largest absolute Gasteiger partial charge is 0.494 e. The summed E-state index contributed by atoms with van der Waals surface area (Å²) in [5, 5.41) is 1.78. The maximum Gasteiger partial charge on any atom is 0.271 e. The lowest BCUT2D eigenvalue weighted by Crippen LogP contribution is -2.50. The number of carbonyl (C=O) groups excluding carboxylic acids is 2. The van der Waals surface area contributed by atoms with Gasteiger partial charge < -0.3 is 14.5 Å². The van der Waals surface area contributed by atoms with Crippen molar-refractivity contribution >= 4 is 28.1 Å². The van der Waals surface area contributed by atoms with Gasteiger partial charge in [0, 0.05) is 50.2 Å². The average Bonchev–Trinajstić information content (AvgIpc) is 3.28. The molecule has 1 aliphatic heterocycles. The number of methoxy groups -OCH3 is 1. The first-order chi connectivity index (χ1) is 13.5. The molecule has 146 valence electrons. The fourth-order valence-corrected chi connectivity index (χ4v) is 4.14. The molecule has 28 heavy (non-hydrogen) atoms. The van der Waals surface area contributed by atoms with E-state index in [9.17, 15) is 14.0 Å². The molecule has 0 spiro atoms. The highest BCUT2D eigenvalue weighted by Crippen LogP contribution is 2.27. The molecule has 0 atom stereocenters. The highest BCUT2D eigenvalue weighted by molar-refractivity contribution is 7.15. The monoisotopic (exact) mass is 402 g/mol. The Morgan fingerprint density at radius 3 is 2.54 bits per heavy atom. The van der Waals surface area contributed by atoms with Crippen molar-refractivity contribution in [2.75, 3.05) is 33.3 Å². The van der Waals surface area contributed by atoms with Gasteiger partial charge in [-0.2, -0.15) is 0 Å². The molecule has 2 aromatic heterocycles. The maximum atomic E-state index is 14.0. The summed E-state index contributed by atoms with van der Waals surface area (Å²) in [5.74, 6) is -0.364. The first-order valence-corrected chi connectivity index (χ1v) is 9.71. The standard InChI is InChI=1S/C19H19FN4O3S/c1-12(25)22-5-7-23(8-6-22)18(26)16-11-28-19-21-15(10-24(16)19)13-3-4-17(27-2)14(20)9-13/h3-4,9-11H,5-8H2,1-2H3. The number of aromatic nitrogens is 2. The van der Waals surface area contributed by atoms with Crippen molar-refractivity contribution in [2.45, 2.75) is 6.92 Å². The molecule has 7 nitrogen and oxygen atoms in total. The van der Waals surface area contributed by atoms with Crippen molar-refractivity contribution < 1.29 is 18.7 Å². The van der Waals surface area contributed by atoms with Crippen LogP contribution < -0.4 is 4.74 Å². The normalized spacial score (nSPS) is 14.5. The van der Waals surface area contributed by atoms with Crippen molar-refractivity contribution in [1.29, 1.82) is 0 Å². The molecule has 1 fully saturated rings. The quantitative estimate of drug-likeness (QED) is 0.675. The second kappa shape index (κ2) is 7.23. The lowest BCUT2D eigenvalue weighted by atomic mass is 10.1. The number of hydrogen-bond donors (Lipinski definition) is 0. The molecule has 2 amide bonds. The van der Waals surface area contributed by atoms with E-state index in [1.807, 2.05) is 0 Å². The first kappa shape index (κ1) is 18.4. The topological polar surface area (TPSA) is 67.2 Å². The van der Waals surface area contributed by atoms with Crippen LogP contribution in [-0.4, -0.2) is 64.3 Å². The van der Waals surface area contributed by atoms with Crippen LogP contribution in [0.25, 0.3) is 16.2 Å². The van der Waals surface area contributed by atoms with Crippen LogP contribution in [-0.2, 0) is 4.79 Å². The highest BCUT2D eigenvalue weighted by atomic mass is 32.1. The van der Waals surface area contributed by atoms with E-state index in [0.717, 1.165) is 0 Å². The van der Waals surface area contributed by atoms with E-state index >= 15 is 0 Å². The molecule has 1 aromatic carbocycles. The molecule has 1 aliphatic rings. The smallest absolute Gasteiger partial charge is 0.271 e. The second-order valence-corrected chi connectivity index (χ2v) is 7.38. The molecule has 0 aliphatic carbocycles. The summed E-state index contributed by atoms with van der Waals surface area (Å²) in [7, 11) is 1.42. The average molecular weight is 402 g/mol. The minimum absolute atomic E-state index is 0.0241. The number of rotatable bonds is 3. The number of hydrogen-bond acceptors (Lipinski definition) is 5. The Balaban J connectivity index is 1.59. The fraction of sp³-hybridized carbons (Fsp3) is 0.316. The molecule has 0 unspecified atom stereocenters. The zero-order chi connectivity index (χ0) is 19.8. The zero-order valence-electron chi connectivity index (χ0n) is 15.5. The minimum atomic E-state index is -0.462. The maximum absolute atomic E-state index is 14.0. The van der Waals surface area contributed by atoms with Crippen LogP contribution in [0, 0.1) is 5.82 Å². The van der Waals surface area contributed by atoms with E-state index < -0.39 is 5.82 Å². The van der Waals surface area contributed by atoms with Crippen molar-refractivity contribution in [2.24, 2.45) is 0 Å². The number of nitrogens with zero attached hydrogens (tertiary/aromatic N) is 4. The summed E-state index contributed by atoms with van der Waals surface area (Å²) in [6, 6.07) is 4.66. The van der Waals surface area contributed by atoms with Gasteiger partial charge in [0.05, 0.1) is 12.8 Å². The van der Waals surface area contributed by atoms with Gasteiger partial charge in [-0.1, -0.05) is 0 Å². The summed E-state index contributed by atoms with van der Waals surface area (Å²) in [4.78, 5) is 33.1. The van der Waals surface area contributed by atoms with Gasteiger partial charge in [-0.15, -0.1) is 11.3 Å². The van der Waals surface area contributed by atoms with E-state index in [4.69, 9.17) is 4.74 Å². The third kappa shape index (κ3) is 3.22. The number of piperazine rings is 1. The van der Waals surface area contributed by atoms with Gasteiger partial charge in [0.25, 0.3) is 5.91 Å². The third-order valence-electron chi connectivity index (χ3n) is 4.89. The van der Waals surface area contributed by atoms with Crippen LogP contribution in [0.1, 0.15) is 17.4 Å². The lowest BCUT2D eigenvalue weighted by Gasteiger charge is -2.34. The number of thiazole rings is 1. The molecule has 1 saturated heterocycles. The molecule has 0 N–H and O–H groups in total. The number of amides is 2. The van der Waals surface area contributed by atoms with Crippen molar-refractivity contribution in [3.8, 4) is 17.0 Å². The van der Waals surface area contributed by atoms with Gasteiger partial charge in [0.1, 0.15) is 5.69 Å². The van der Waals surface area contributed by atoms with Crippen molar-refractivity contribution in [3.63, 3.8) is 0 Å². The molecule has 9 heteroatoms. The Labute approximate surface area is 165 Å². The summed E-state index contributed by atoms with van der Waals surface area (Å²) in [5.41, 5.74) is 1.72. The summed E-state index contributed by atoms with van der Waals surface area (Å²) >= 11 is 1.36. The van der Waals surface area contributed by atoms with E-state index in [2.05, 4.69) is 4.98 Å². The minimum Gasteiger partial charge on any atom is -0.494 e. The Bertz CT molecular complexity index is 1050. The van der Waals surface area contributed by atoms with Crippen molar-refractivity contribution in [1.82, 2.24) is 19.2 Å². The van der Waals surface area contributed by atoms with Gasteiger partial charge in [0.15, 0.2) is 16.5 Å². The Kier molecular flexibility index (Phi) is 4.76.